The second-order valence-electron chi connectivity index (χ2n) is 3.97. The van der Waals surface area contributed by atoms with Gasteiger partial charge in [0.15, 0.2) is 5.78 Å². The van der Waals surface area contributed by atoms with Crippen LogP contribution in [0, 0.1) is 6.92 Å². The fraction of sp³-hybridized carbons (Fsp3) is 0.133. The monoisotopic (exact) mass is 288 g/mol. The van der Waals surface area contributed by atoms with Crippen molar-refractivity contribution in [3.8, 4) is 11.1 Å². The Hall–Kier alpha value is -1.41. The van der Waals surface area contributed by atoms with E-state index < -0.39 is 0 Å². The third-order valence-corrected chi connectivity index (χ3v) is 3.22. The van der Waals surface area contributed by atoms with Crippen molar-refractivity contribution in [3.05, 3.63) is 59.7 Å². The van der Waals surface area contributed by atoms with E-state index in [1.54, 1.807) is 0 Å². The van der Waals surface area contributed by atoms with Crippen molar-refractivity contribution in [2.75, 3.05) is 5.33 Å². The largest absolute Gasteiger partial charge is 0.293 e. The molecule has 0 N–H and O–H groups in total. The quantitative estimate of drug-likeness (QED) is 0.610. The number of carbonyl (C=O) groups excluding carboxylic acids is 1. The molecule has 0 fully saturated rings. The van der Waals surface area contributed by atoms with Crippen molar-refractivity contribution in [1.82, 2.24) is 0 Å². The first kappa shape index (κ1) is 12.1. The maximum Gasteiger partial charge on any atom is 0.173 e. The molecule has 2 aromatic rings. The summed E-state index contributed by atoms with van der Waals surface area (Å²) in [6.07, 6.45) is 0. The second kappa shape index (κ2) is 5.28. The standard InChI is InChI=1S/C15H13BrO/c1-11-6-8-12(9-7-11)13-4-2-3-5-14(13)15(17)10-16/h2-9H,10H2,1H3. The molecule has 2 heteroatoms. The average Bonchev–Trinajstić information content (AvgIpc) is 2.39. The Morgan fingerprint density at radius 1 is 1.06 bits per heavy atom. The van der Waals surface area contributed by atoms with Crippen LogP contribution in [0.4, 0.5) is 0 Å². The van der Waals surface area contributed by atoms with Crippen molar-refractivity contribution < 1.29 is 4.79 Å². The number of hydrogen-bond acceptors (Lipinski definition) is 1. The number of Topliss-reactive ketones (excluding diaryl/α,β-unsaturated/α-hetero) is 1. The van der Waals surface area contributed by atoms with Crippen molar-refractivity contribution >= 4 is 21.7 Å². The van der Waals surface area contributed by atoms with Crippen LogP contribution in [0.2, 0.25) is 0 Å². The van der Waals surface area contributed by atoms with Crippen LogP contribution in [0.1, 0.15) is 15.9 Å². The van der Waals surface area contributed by atoms with Crippen molar-refractivity contribution in [1.29, 1.82) is 0 Å². The van der Waals surface area contributed by atoms with Crippen LogP contribution in [-0.4, -0.2) is 11.1 Å². The number of benzene rings is 2. The van der Waals surface area contributed by atoms with Gasteiger partial charge in [-0.05, 0) is 18.1 Å². The lowest BCUT2D eigenvalue weighted by Gasteiger charge is -2.07. The topological polar surface area (TPSA) is 17.1 Å². The Morgan fingerprint density at radius 3 is 2.35 bits per heavy atom. The lowest BCUT2D eigenvalue weighted by atomic mass is 9.97. The maximum absolute atomic E-state index is 11.8. The third kappa shape index (κ3) is 2.64. The lowest BCUT2D eigenvalue weighted by molar-refractivity contribution is 0.102. The smallest absolute Gasteiger partial charge is 0.173 e. The zero-order valence-corrected chi connectivity index (χ0v) is 11.2. The molecule has 1 nitrogen and oxygen atoms in total. The van der Waals surface area contributed by atoms with Crippen LogP contribution in [0.25, 0.3) is 11.1 Å². The molecule has 0 unspecified atom stereocenters. The van der Waals surface area contributed by atoms with E-state index in [0.29, 0.717) is 5.33 Å². The number of alkyl halides is 1. The lowest BCUT2D eigenvalue weighted by Crippen LogP contribution is -2.02. The van der Waals surface area contributed by atoms with E-state index in [4.69, 9.17) is 0 Å². The van der Waals surface area contributed by atoms with Gasteiger partial charge in [-0.2, -0.15) is 0 Å². The van der Waals surface area contributed by atoms with Crippen LogP contribution in [0.5, 0.6) is 0 Å². The molecular formula is C15H13BrO. The van der Waals surface area contributed by atoms with Crippen LogP contribution in [0.3, 0.4) is 0 Å². The molecule has 0 saturated carbocycles. The first-order chi connectivity index (χ1) is 8.22. The molecule has 0 spiro atoms. The van der Waals surface area contributed by atoms with E-state index in [1.165, 1.54) is 5.56 Å². The summed E-state index contributed by atoms with van der Waals surface area (Å²) >= 11 is 3.22. The highest BCUT2D eigenvalue weighted by Gasteiger charge is 2.10. The van der Waals surface area contributed by atoms with Gasteiger partial charge in [0.1, 0.15) is 0 Å². The molecule has 0 atom stereocenters. The Labute approximate surface area is 110 Å². The minimum atomic E-state index is 0.112. The first-order valence-electron chi connectivity index (χ1n) is 5.47. The molecule has 0 aliphatic rings. The Morgan fingerprint density at radius 2 is 1.71 bits per heavy atom. The highest BCUT2D eigenvalue weighted by molar-refractivity contribution is 9.09. The fourth-order valence-corrected chi connectivity index (χ4v) is 2.09. The summed E-state index contributed by atoms with van der Waals surface area (Å²) in [4.78, 5) is 11.8. The number of halogens is 1. The van der Waals surface area contributed by atoms with E-state index in [0.717, 1.165) is 16.7 Å². The minimum absolute atomic E-state index is 0.112. The Kier molecular flexibility index (Phi) is 3.75. The number of hydrogen-bond donors (Lipinski definition) is 0. The molecule has 2 aromatic carbocycles. The summed E-state index contributed by atoms with van der Waals surface area (Å²) in [5.41, 5.74) is 4.07. The summed E-state index contributed by atoms with van der Waals surface area (Å²) < 4.78 is 0. The van der Waals surface area contributed by atoms with E-state index >= 15 is 0 Å². The first-order valence-corrected chi connectivity index (χ1v) is 6.60. The summed E-state index contributed by atoms with van der Waals surface area (Å²) in [6.45, 7) is 2.05. The van der Waals surface area contributed by atoms with Crippen LogP contribution in [-0.2, 0) is 0 Å². The van der Waals surface area contributed by atoms with Crippen molar-refractivity contribution in [3.63, 3.8) is 0 Å². The molecular weight excluding hydrogens is 276 g/mol. The van der Waals surface area contributed by atoms with E-state index in [9.17, 15) is 4.79 Å². The summed E-state index contributed by atoms with van der Waals surface area (Å²) in [5, 5.41) is 0.357. The van der Waals surface area contributed by atoms with Gasteiger partial charge >= 0.3 is 0 Å². The molecule has 0 saturated heterocycles. The predicted octanol–water partition coefficient (Wildman–Crippen LogP) is 4.24. The molecule has 0 heterocycles. The molecule has 0 aliphatic carbocycles. The van der Waals surface area contributed by atoms with Crippen LogP contribution >= 0.6 is 15.9 Å². The van der Waals surface area contributed by atoms with Gasteiger partial charge < -0.3 is 0 Å². The van der Waals surface area contributed by atoms with Gasteiger partial charge in [0.2, 0.25) is 0 Å². The number of carbonyl (C=O) groups is 1. The molecule has 2 rings (SSSR count). The number of ketones is 1. The highest BCUT2D eigenvalue weighted by Crippen LogP contribution is 2.24. The van der Waals surface area contributed by atoms with Gasteiger partial charge in [-0.15, -0.1) is 0 Å². The summed E-state index contributed by atoms with van der Waals surface area (Å²) in [7, 11) is 0. The molecule has 0 aliphatic heterocycles. The Balaban J connectivity index is 2.51. The van der Waals surface area contributed by atoms with Gasteiger partial charge in [-0.1, -0.05) is 70.0 Å². The van der Waals surface area contributed by atoms with E-state index in [1.807, 2.05) is 24.3 Å². The molecule has 0 aromatic heterocycles. The molecule has 0 amide bonds. The molecule has 0 radical (unpaired) electrons. The highest BCUT2D eigenvalue weighted by atomic mass is 79.9. The van der Waals surface area contributed by atoms with E-state index in [-0.39, 0.29) is 5.78 Å². The number of aryl methyl sites for hydroxylation is 1. The maximum atomic E-state index is 11.8. The van der Waals surface area contributed by atoms with Gasteiger partial charge in [0, 0.05) is 5.56 Å². The third-order valence-electron chi connectivity index (χ3n) is 2.71. The van der Waals surface area contributed by atoms with Crippen molar-refractivity contribution in [2.45, 2.75) is 6.92 Å². The van der Waals surface area contributed by atoms with Crippen molar-refractivity contribution in [2.24, 2.45) is 0 Å². The predicted molar refractivity (Wildman–Crippen MR) is 74.7 cm³/mol. The zero-order chi connectivity index (χ0) is 12.3. The zero-order valence-electron chi connectivity index (χ0n) is 9.61. The fourth-order valence-electron chi connectivity index (χ4n) is 1.78. The molecule has 0 bridgehead atoms. The SMILES string of the molecule is Cc1ccc(-c2ccccc2C(=O)CBr)cc1. The van der Waals surface area contributed by atoms with Gasteiger partial charge in [-0.25, -0.2) is 0 Å². The van der Waals surface area contributed by atoms with E-state index in [2.05, 4.69) is 47.1 Å². The number of rotatable bonds is 3. The molecule has 86 valence electrons. The normalized spacial score (nSPS) is 10.2. The Bertz CT molecular complexity index is 529. The van der Waals surface area contributed by atoms with Crippen LogP contribution < -0.4 is 0 Å². The summed E-state index contributed by atoms with van der Waals surface area (Å²) in [5.74, 6) is 0.112. The molecule has 17 heavy (non-hydrogen) atoms. The van der Waals surface area contributed by atoms with Gasteiger partial charge in [0.05, 0.1) is 5.33 Å². The summed E-state index contributed by atoms with van der Waals surface area (Å²) in [6, 6.07) is 15.9. The second-order valence-corrected chi connectivity index (χ2v) is 4.53. The van der Waals surface area contributed by atoms with Gasteiger partial charge in [-0.3, -0.25) is 4.79 Å². The van der Waals surface area contributed by atoms with Gasteiger partial charge in [0.25, 0.3) is 0 Å². The minimum Gasteiger partial charge on any atom is -0.293 e. The van der Waals surface area contributed by atoms with Crippen LogP contribution in [0.15, 0.2) is 48.5 Å². The average molecular weight is 289 g/mol.